The fourth-order valence-corrected chi connectivity index (χ4v) is 4.54. The number of hydrogen-bond acceptors (Lipinski definition) is 5. The van der Waals surface area contributed by atoms with E-state index in [4.69, 9.17) is 4.74 Å². The minimum absolute atomic E-state index is 0.0539. The Morgan fingerprint density at radius 1 is 1.38 bits per heavy atom. The summed E-state index contributed by atoms with van der Waals surface area (Å²) in [6.45, 7) is 6.18. The van der Waals surface area contributed by atoms with E-state index < -0.39 is 17.4 Å². The molecule has 1 aromatic rings. The number of hydrogen-bond donors (Lipinski definition) is 0. The summed E-state index contributed by atoms with van der Waals surface area (Å²) >= 11 is 0. The van der Waals surface area contributed by atoms with Crippen LogP contribution in [0.25, 0.3) is 0 Å². The predicted octanol–water partition coefficient (Wildman–Crippen LogP) is 3.50. The van der Waals surface area contributed by atoms with Gasteiger partial charge in [-0.25, -0.2) is 9.97 Å². The largest absolute Gasteiger partial charge is 0.466 e. The summed E-state index contributed by atoms with van der Waals surface area (Å²) in [5.41, 5.74) is 0.488. The number of carbonyl (C=O) groups excluding carboxylic acids is 1. The minimum Gasteiger partial charge on any atom is -0.466 e. The first kappa shape index (κ1) is 19.1. The average molecular weight is 371 g/mol. The van der Waals surface area contributed by atoms with Gasteiger partial charge in [-0.3, -0.25) is 9.69 Å². The number of aryl methyl sites for hydroxylation is 1. The van der Waals surface area contributed by atoms with Crippen LogP contribution in [0.3, 0.4) is 0 Å². The van der Waals surface area contributed by atoms with Crippen molar-refractivity contribution < 1.29 is 22.7 Å². The van der Waals surface area contributed by atoms with Gasteiger partial charge in [0.15, 0.2) is 0 Å². The van der Waals surface area contributed by atoms with Crippen LogP contribution >= 0.6 is 0 Å². The molecule has 0 aromatic carbocycles. The molecule has 3 atom stereocenters. The topological polar surface area (TPSA) is 55.3 Å². The van der Waals surface area contributed by atoms with E-state index in [9.17, 15) is 18.0 Å². The Morgan fingerprint density at radius 3 is 2.69 bits per heavy atom. The Labute approximate surface area is 150 Å². The molecule has 0 aliphatic carbocycles. The number of nitrogens with zero attached hydrogens (tertiary/aromatic N) is 3. The molecule has 144 valence electrons. The van der Waals surface area contributed by atoms with E-state index >= 15 is 0 Å². The summed E-state index contributed by atoms with van der Waals surface area (Å²) in [7, 11) is 0. The minimum atomic E-state index is -4.54. The highest BCUT2D eigenvalue weighted by molar-refractivity contribution is 5.78. The number of rotatable bonds is 5. The molecule has 0 spiro atoms. The van der Waals surface area contributed by atoms with Gasteiger partial charge in [-0.05, 0) is 39.5 Å². The maximum absolute atomic E-state index is 12.8. The van der Waals surface area contributed by atoms with Crippen LogP contribution in [-0.2, 0) is 22.3 Å². The number of esters is 1. The lowest BCUT2D eigenvalue weighted by atomic mass is 9.72. The van der Waals surface area contributed by atoms with Crippen molar-refractivity contribution in [3.05, 3.63) is 23.3 Å². The smallest absolute Gasteiger partial charge is 0.451 e. The first-order chi connectivity index (χ1) is 12.2. The highest BCUT2D eigenvalue weighted by Gasteiger charge is 2.59. The number of alkyl halides is 3. The van der Waals surface area contributed by atoms with E-state index in [0.29, 0.717) is 30.8 Å². The third-order valence-electron chi connectivity index (χ3n) is 5.88. The molecule has 0 N–H and O–H groups in total. The number of halogens is 3. The number of aromatic nitrogens is 2. The summed E-state index contributed by atoms with van der Waals surface area (Å²) in [6.07, 6.45) is 0.0574. The fraction of sp³-hybridized carbons (Fsp3) is 0.722. The Hall–Kier alpha value is -1.70. The molecule has 2 aliphatic heterocycles. The van der Waals surface area contributed by atoms with Gasteiger partial charge < -0.3 is 4.74 Å². The molecule has 0 saturated carbocycles. The zero-order valence-corrected chi connectivity index (χ0v) is 15.3. The summed E-state index contributed by atoms with van der Waals surface area (Å²) in [5.74, 6) is -1.27. The second-order valence-electron chi connectivity index (χ2n) is 7.16. The van der Waals surface area contributed by atoms with Crippen LogP contribution in [0, 0.1) is 12.3 Å². The van der Waals surface area contributed by atoms with E-state index in [1.54, 1.807) is 13.8 Å². The average Bonchev–Trinajstić information content (AvgIpc) is 3.11. The maximum Gasteiger partial charge on any atom is 0.451 e. The van der Waals surface area contributed by atoms with Crippen molar-refractivity contribution in [1.29, 1.82) is 0 Å². The molecule has 2 fully saturated rings. The third-order valence-corrected chi connectivity index (χ3v) is 5.88. The number of ether oxygens (including phenoxy) is 1. The molecule has 0 radical (unpaired) electrons. The molecule has 3 heterocycles. The van der Waals surface area contributed by atoms with Gasteiger partial charge in [0.05, 0.1) is 12.0 Å². The lowest BCUT2D eigenvalue weighted by Gasteiger charge is -2.34. The van der Waals surface area contributed by atoms with Gasteiger partial charge in [-0.15, -0.1) is 0 Å². The SMILES string of the molecule is CCOC(=O)[C@@]1(CC)C[C@H]2CC[C@@H]1N2Cc1cnc(C(F)(F)F)nc1C. The zero-order chi connectivity index (χ0) is 19.1. The molecule has 1 aromatic heterocycles. The van der Waals surface area contributed by atoms with Gasteiger partial charge >= 0.3 is 12.1 Å². The predicted molar refractivity (Wildman–Crippen MR) is 88.1 cm³/mol. The molecular weight excluding hydrogens is 347 g/mol. The highest BCUT2D eigenvalue weighted by Crippen LogP contribution is 2.53. The van der Waals surface area contributed by atoms with E-state index in [2.05, 4.69) is 14.9 Å². The molecule has 3 rings (SSSR count). The highest BCUT2D eigenvalue weighted by atomic mass is 19.4. The molecule has 0 unspecified atom stereocenters. The summed E-state index contributed by atoms with van der Waals surface area (Å²) < 4.78 is 43.6. The van der Waals surface area contributed by atoms with Crippen molar-refractivity contribution in [3.8, 4) is 0 Å². The molecule has 8 heteroatoms. The van der Waals surface area contributed by atoms with Gasteiger partial charge in [0.25, 0.3) is 0 Å². The van der Waals surface area contributed by atoms with Gasteiger partial charge in [0, 0.05) is 36.1 Å². The van der Waals surface area contributed by atoms with E-state index in [0.717, 1.165) is 19.3 Å². The fourth-order valence-electron chi connectivity index (χ4n) is 4.54. The normalized spacial score (nSPS) is 28.5. The first-order valence-corrected chi connectivity index (χ1v) is 9.05. The van der Waals surface area contributed by atoms with E-state index in [-0.39, 0.29) is 18.1 Å². The maximum atomic E-state index is 12.8. The second-order valence-corrected chi connectivity index (χ2v) is 7.16. The van der Waals surface area contributed by atoms with Crippen molar-refractivity contribution in [1.82, 2.24) is 14.9 Å². The summed E-state index contributed by atoms with van der Waals surface area (Å²) in [5, 5.41) is 0. The third kappa shape index (κ3) is 3.08. The van der Waals surface area contributed by atoms with Crippen molar-refractivity contribution in [2.45, 2.75) is 71.3 Å². The second kappa shape index (κ2) is 6.79. The monoisotopic (exact) mass is 371 g/mol. The Bertz CT molecular complexity index is 695. The van der Waals surface area contributed by atoms with E-state index in [1.165, 1.54) is 6.20 Å². The summed E-state index contributed by atoms with van der Waals surface area (Å²) in [4.78, 5) is 22.0. The Balaban J connectivity index is 1.82. The lowest BCUT2D eigenvalue weighted by Crippen LogP contribution is -2.44. The number of fused-ring (bicyclic) bond motifs is 2. The molecule has 2 bridgehead atoms. The molecule has 2 saturated heterocycles. The zero-order valence-electron chi connectivity index (χ0n) is 15.3. The Morgan fingerprint density at radius 2 is 2.12 bits per heavy atom. The van der Waals surface area contributed by atoms with Gasteiger partial charge in [-0.2, -0.15) is 13.2 Å². The molecule has 26 heavy (non-hydrogen) atoms. The van der Waals surface area contributed by atoms with Crippen molar-refractivity contribution in [2.75, 3.05) is 6.61 Å². The molecule has 0 amide bonds. The van der Waals surface area contributed by atoms with Crippen LogP contribution in [-0.4, -0.2) is 39.5 Å². The number of carbonyl (C=O) groups is 1. The van der Waals surface area contributed by atoms with Gasteiger partial charge in [0.2, 0.25) is 5.82 Å². The standard InChI is InChI=1S/C18H24F3N3O2/c1-4-17(16(25)26-5-2)8-13-6-7-14(17)24(13)10-12-9-22-15(18(19,20)21)23-11(12)3/h9,13-14H,4-8,10H2,1-3H3/t13-,14+,17+/m1/s1. The van der Waals surface area contributed by atoms with Crippen molar-refractivity contribution >= 4 is 5.97 Å². The quantitative estimate of drug-likeness (QED) is 0.742. The Kier molecular flexibility index (Phi) is 4.98. The summed E-state index contributed by atoms with van der Waals surface area (Å²) in [6, 6.07) is 0.296. The van der Waals surface area contributed by atoms with Crippen molar-refractivity contribution in [2.24, 2.45) is 5.41 Å². The van der Waals surface area contributed by atoms with Crippen LogP contribution < -0.4 is 0 Å². The lowest BCUT2D eigenvalue weighted by molar-refractivity contribution is -0.158. The molecular formula is C18H24F3N3O2. The van der Waals surface area contributed by atoms with Crippen molar-refractivity contribution in [3.63, 3.8) is 0 Å². The van der Waals surface area contributed by atoms with Crippen LogP contribution in [0.1, 0.15) is 56.6 Å². The van der Waals surface area contributed by atoms with Gasteiger partial charge in [0.1, 0.15) is 0 Å². The van der Waals surface area contributed by atoms with Gasteiger partial charge in [-0.1, -0.05) is 6.92 Å². The molecule has 2 aliphatic rings. The van der Waals surface area contributed by atoms with Crippen LogP contribution in [0.4, 0.5) is 13.2 Å². The van der Waals surface area contributed by atoms with Crippen LogP contribution in [0.2, 0.25) is 0 Å². The van der Waals surface area contributed by atoms with Crippen LogP contribution in [0.15, 0.2) is 6.20 Å². The van der Waals surface area contributed by atoms with Crippen LogP contribution in [0.5, 0.6) is 0 Å². The van der Waals surface area contributed by atoms with E-state index in [1.807, 2.05) is 6.92 Å². The first-order valence-electron chi connectivity index (χ1n) is 9.05. The molecule has 5 nitrogen and oxygen atoms in total.